The Kier molecular flexibility index (Phi) is 4.15. The molecule has 1 unspecified atom stereocenters. The van der Waals surface area contributed by atoms with Crippen molar-refractivity contribution >= 4 is 11.8 Å². The third-order valence-electron chi connectivity index (χ3n) is 3.78. The average molecular weight is 264 g/mol. The molecule has 1 aliphatic carbocycles. The molecule has 0 radical (unpaired) electrons. The van der Waals surface area contributed by atoms with Gasteiger partial charge in [0.1, 0.15) is 11.4 Å². The highest BCUT2D eigenvalue weighted by Gasteiger charge is 2.51. The Balaban J connectivity index is 3.13. The van der Waals surface area contributed by atoms with Crippen LogP contribution >= 0.6 is 0 Å². The van der Waals surface area contributed by atoms with Crippen LogP contribution in [0.4, 0.5) is 0 Å². The van der Waals surface area contributed by atoms with Crippen molar-refractivity contribution in [3.63, 3.8) is 0 Å². The molecule has 0 bridgehead atoms. The Morgan fingerprint density at radius 2 is 1.95 bits per heavy atom. The fraction of sp³-hybridized carbons (Fsp3) is 0.467. The van der Waals surface area contributed by atoms with Gasteiger partial charge in [-0.1, -0.05) is 12.7 Å². The van der Waals surface area contributed by atoms with Crippen molar-refractivity contribution in [2.24, 2.45) is 5.41 Å². The summed E-state index contributed by atoms with van der Waals surface area (Å²) in [4.78, 5) is 22.5. The van der Waals surface area contributed by atoms with Crippen molar-refractivity contribution in [1.29, 1.82) is 0 Å². The second kappa shape index (κ2) is 5.13. The van der Waals surface area contributed by atoms with Gasteiger partial charge in [0.05, 0.1) is 5.41 Å². The first-order chi connectivity index (χ1) is 8.61. The van der Waals surface area contributed by atoms with Gasteiger partial charge in [0.25, 0.3) is 0 Å². The Morgan fingerprint density at radius 1 is 1.37 bits per heavy atom. The van der Waals surface area contributed by atoms with Gasteiger partial charge in [-0.3, -0.25) is 4.79 Å². The minimum absolute atomic E-state index is 0.0214. The van der Waals surface area contributed by atoms with Crippen molar-refractivity contribution in [3.8, 4) is 0 Å². The van der Waals surface area contributed by atoms with Crippen LogP contribution in [0, 0.1) is 5.41 Å². The van der Waals surface area contributed by atoms with E-state index >= 15 is 0 Å². The lowest BCUT2D eigenvalue weighted by Gasteiger charge is -2.44. The molecular weight excluding hydrogens is 244 g/mol. The minimum Gasteiger partial charge on any atom is -0.478 e. The van der Waals surface area contributed by atoms with Gasteiger partial charge in [0, 0.05) is 12.5 Å². The fourth-order valence-electron chi connectivity index (χ4n) is 2.24. The van der Waals surface area contributed by atoms with Crippen LogP contribution < -0.4 is 0 Å². The van der Waals surface area contributed by atoms with E-state index in [4.69, 9.17) is 5.11 Å². The summed E-state index contributed by atoms with van der Waals surface area (Å²) in [6.07, 6.45) is 4.86. The smallest absolute Gasteiger partial charge is 0.328 e. The van der Waals surface area contributed by atoms with E-state index in [1.54, 1.807) is 20.8 Å². The van der Waals surface area contributed by atoms with Crippen LogP contribution in [-0.2, 0) is 9.59 Å². The third kappa shape index (κ3) is 2.84. The maximum absolute atomic E-state index is 12.0. The van der Waals surface area contributed by atoms with Gasteiger partial charge in [-0.05, 0) is 44.4 Å². The van der Waals surface area contributed by atoms with Crippen LogP contribution in [0.15, 0.2) is 36.0 Å². The van der Waals surface area contributed by atoms with Gasteiger partial charge in [0.15, 0.2) is 0 Å². The lowest BCUT2D eigenvalue weighted by Crippen LogP contribution is -2.52. The first kappa shape index (κ1) is 15.4. The zero-order chi connectivity index (χ0) is 14.8. The molecule has 1 atom stereocenters. The summed E-state index contributed by atoms with van der Waals surface area (Å²) in [5.41, 5.74) is -1.32. The van der Waals surface area contributed by atoms with Crippen LogP contribution in [0.2, 0.25) is 0 Å². The average Bonchev–Trinajstić information content (AvgIpc) is 2.29. The SMILES string of the molecule is C=C1CCC(=O)C(C)(C)C1(O)C=CC(C)=CC(=O)O. The molecule has 0 aliphatic heterocycles. The van der Waals surface area contributed by atoms with Crippen molar-refractivity contribution < 1.29 is 19.8 Å². The summed E-state index contributed by atoms with van der Waals surface area (Å²) >= 11 is 0. The van der Waals surface area contributed by atoms with Gasteiger partial charge < -0.3 is 10.2 Å². The number of hydrogen-bond acceptors (Lipinski definition) is 3. The van der Waals surface area contributed by atoms with Crippen molar-refractivity contribution in [2.45, 2.75) is 39.2 Å². The topological polar surface area (TPSA) is 74.6 Å². The normalized spacial score (nSPS) is 27.9. The van der Waals surface area contributed by atoms with E-state index in [-0.39, 0.29) is 5.78 Å². The molecule has 1 fully saturated rings. The molecule has 1 saturated carbocycles. The number of carbonyl (C=O) groups excluding carboxylic acids is 1. The molecular formula is C15H20O4. The maximum Gasteiger partial charge on any atom is 0.328 e. The summed E-state index contributed by atoms with van der Waals surface area (Å²) in [7, 11) is 0. The predicted octanol–water partition coefficient (Wildman–Crippen LogP) is 2.25. The van der Waals surface area contributed by atoms with E-state index in [1.807, 2.05) is 0 Å². The Morgan fingerprint density at radius 3 is 2.47 bits per heavy atom. The molecule has 4 nitrogen and oxygen atoms in total. The minimum atomic E-state index is -1.43. The van der Waals surface area contributed by atoms with E-state index in [0.717, 1.165) is 6.08 Å². The van der Waals surface area contributed by atoms with Crippen molar-refractivity contribution in [3.05, 3.63) is 36.0 Å². The first-order valence-electron chi connectivity index (χ1n) is 6.15. The number of rotatable bonds is 3. The van der Waals surface area contributed by atoms with E-state index in [9.17, 15) is 14.7 Å². The molecule has 19 heavy (non-hydrogen) atoms. The highest BCUT2D eigenvalue weighted by molar-refractivity contribution is 5.88. The van der Waals surface area contributed by atoms with Gasteiger partial charge in [-0.2, -0.15) is 0 Å². The zero-order valence-corrected chi connectivity index (χ0v) is 11.6. The zero-order valence-electron chi connectivity index (χ0n) is 11.6. The third-order valence-corrected chi connectivity index (χ3v) is 3.78. The van der Waals surface area contributed by atoms with Crippen LogP contribution in [0.25, 0.3) is 0 Å². The Hall–Kier alpha value is -1.68. The van der Waals surface area contributed by atoms with Crippen LogP contribution in [-0.4, -0.2) is 27.6 Å². The predicted molar refractivity (Wildman–Crippen MR) is 72.6 cm³/mol. The van der Waals surface area contributed by atoms with E-state index < -0.39 is 17.0 Å². The molecule has 4 heteroatoms. The van der Waals surface area contributed by atoms with E-state index in [1.165, 1.54) is 12.2 Å². The molecule has 0 heterocycles. The molecule has 0 saturated heterocycles. The standard InChI is InChI=1S/C15H20O4/c1-10(9-13(17)18)7-8-15(19)11(2)5-6-12(16)14(15,3)4/h7-9,19H,2,5-6H2,1,3-4H3,(H,17,18). The largest absolute Gasteiger partial charge is 0.478 e. The van der Waals surface area contributed by atoms with Gasteiger partial charge in [0.2, 0.25) is 0 Å². The second-order valence-electron chi connectivity index (χ2n) is 5.48. The van der Waals surface area contributed by atoms with E-state index in [2.05, 4.69) is 6.58 Å². The van der Waals surface area contributed by atoms with Crippen molar-refractivity contribution in [1.82, 2.24) is 0 Å². The Labute approximate surface area is 113 Å². The molecule has 104 valence electrons. The van der Waals surface area contributed by atoms with Gasteiger partial charge in [-0.25, -0.2) is 4.79 Å². The lowest BCUT2D eigenvalue weighted by molar-refractivity contribution is -0.139. The summed E-state index contributed by atoms with van der Waals surface area (Å²) in [6, 6.07) is 0. The number of hydrogen-bond donors (Lipinski definition) is 2. The van der Waals surface area contributed by atoms with Gasteiger partial charge in [-0.15, -0.1) is 0 Å². The number of carbonyl (C=O) groups is 2. The number of aliphatic hydroxyl groups is 1. The molecule has 0 aromatic rings. The first-order valence-corrected chi connectivity index (χ1v) is 6.15. The maximum atomic E-state index is 12.0. The number of carboxylic acid groups (broad SMARTS) is 1. The summed E-state index contributed by atoms with van der Waals surface area (Å²) < 4.78 is 0. The number of allylic oxidation sites excluding steroid dienone is 2. The summed E-state index contributed by atoms with van der Waals surface area (Å²) in [5, 5.41) is 19.4. The summed E-state index contributed by atoms with van der Waals surface area (Å²) in [6.45, 7) is 8.83. The number of ketones is 1. The van der Waals surface area contributed by atoms with Gasteiger partial charge >= 0.3 is 5.97 Å². The number of aliphatic carboxylic acids is 1. The quantitative estimate of drug-likeness (QED) is 0.466. The summed E-state index contributed by atoms with van der Waals surface area (Å²) in [5.74, 6) is -1.07. The molecule has 0 aromatic carbocycles. The number of Topliss-reactive ketones (excluding diaryl/α,β-unsaturated/α-hetero) is 1. The molecule has 0 spiro atoms. The molecule has 2 N–H and O–H groups in total. The van der Waals surface area contributed by atoms with Crippen LogP contribution in [0.5, 0.6) is 0 Å². The highest BCUT2D eigenvalue weighted by Crippen LogP contribution is 2.45. The second-order valence-corrected chi connectivity index (χ2v) is 5.48. The molecule has 1 aliphatic rings. The Bertz CT molecular complexity index is 482. The van der Waals surface area contributed by atoms with Crippen LogP contribution in [0.3, 0.4) is 0 Å². The monoisotopic (exact) mass is 264 g/mol. The highest BCUT2D eigenvalue weighted by atomic mass is 16.4. The number of carboxylic acids is 1. The van der Waals surface area contributed by atoms with Crippen molar-refractivity contribution in [2.75, 3.05) is 0 Å². The van der Waals surface area contributed by atoms with E-state index in [0.29, 0.717) is 24.0 Å². The van der Waals surface area contributed by atoms with Crippen LogP contribution in [0.1, 0.15) is 33.6 Å². The molecule has 0 amide bonds. The molecule has 1 rings (SSSR count). The molecule has 0 aromatic heterocycles. The fourth-order valence-corrected chi connectivity index (χ4v) is 2.24. The lowest BCUT2D eigenvalue weighted by atomic mass is 9.62.